The number of carboxylic acid groups (broad SMARTS) is 1. The van der Waals surface area contributed by atoms with E-state index in [0.29, 0.717) is 18.9 Å². The van der Waals surface area contributed by atoms with Gasteiger partial charge in [-0.05, 0) is 37.3 Å². The Morgan fingerprint density at radius 2 is 1.96 bits per heavy atom. The molecule has 2 aliphatic rings. The highest BCUT2D eigenvalue weighted by molar-refractivity contribution is 5.73. The van der Waals surface area contributed by atoms with Gasteiger partial charge in [-0.2, -0.15) is 0 Å². The summed E-state index contributed by atoms with van der Waals surface area (Å²) < 4.78 is 5.43. The van der Waals surface area contributed by atoms with Crippen LogP contribution in [0.25, 0.3) is 0 Å². The van der Waals surface area contributed by atoms with Crippen LogP contribution in [0.3, 0.4) is 0 Å². The van der Waals surface area contributed by atoms with E-state index in [1.807, 2.05) is 30.3 Å². The van der Waals surface area contributed by atoms with E-state index in [1.165, 1.54) is 6.42 Å². The molecule has 1 aromatic rings. The average molecular weight is 360 g/mol. The van der Waals surface area contributed by atoms with Crippen molar-refractivity contribution < 1.29 is 19.4 Å². The second kappa shape index (κ2) is 8.54. The highest BCUT2D eigenvalue weighted by atomic mass is 16.6. The minimum atomic E-state index is -0.833. The fourth-order valence-corrected chi connectivity index (χ4v) is 4.03. The topological polar surface area (TPSA) is 70.1 Å². The molecule has 1 aromatic carbocycles. The summed E-state index contributed by atoms with van der Waals surface area (Å²) in [6.45, 7) is 5.17. The molecule has 0 spiro atoms. The van der Waals surface area contributed by atoms with Crippen molar-refractivity contribution in [1.82, 2.24) is 9.80 Å². The number of aliphatic carboxylic acids is 1. The first-order valence-electron chi connectivity index (χ1n) is 9.45. The van der Waals surface area contributed by atoms with Crippen LogP contribution >= 0.6 is 0 Å². The molecule has 0 aliphatic carbocycles. The van der Waals surface area contributed by atoms with Gasteiger partial charge in [0, 0.05) is 25.7 Å². The normalized spacial score (nSPS) is 27.1. The molecular weight excluding hydrogens is 332 g/mol. The first-order valence-corrected chi connectivity index (χ1v) is 9.45. The summed E-state index contributed by atoms with van der Waals surface area (Å²) in [5, 5.41) is 9.52. The van der Waals surface area contributed by atoms with Gasteiger partial charge >= 0.3 is 12.1 Å². The molecule has 1 N–H and O–H groups in total. The van der Waals surface area contributed by atoms with Crippen LogP contribution < -0.4 is 0 Å². The molecule has 2 fully saturated rings. The number of carboxylic acids is 1. The fourth-order valence-electron chi connectivity index (χ4n) is 4.03. The van der Waals surface area contributed by atoms with Crippen molar-refractivity contribution in [2.45, 2.75) is 38.8 Å². The summed E-state index contributed by atoms with van der Waals surface area (Å²) >= 11 is 0. The average Bonchev–Trinajstić information content (AvgIpc) is 2.66. The largest absolute Gasteiger partial charge is 0.481 e. The zero-order valence-corrected chi connectivity index (χ0v) is 15.3. The van der Waals surface area contributed by atoms with Crippen molar-refractivity contribution in [3.05, 3.63) is 35.9 Å². The summed E-state index contributed by atoms with van der Waals surface area (Å²) in [6, 6.07) is 9.62. The molecule has 142 valence electrons. The number of hydrogen-bond acceptors (Lipinski definition) is 4. The van der Waals surface area contributed by atoms with Crippen LogP contribution in [-0.4, -0.2) is 59.2 Å². The highest BCUT2D eigenvalue weighted by Gasteiger charge is 2.37. The number of amides is 1. The molecule has 0 radical (unpaired) electrons. The van der Waals surface area contributed by atoms with Crippen molar-refractivity contribution in [3.8, 4) is 0 Å². The van der Waals surface area contributed by atoms with E-state index in [-0.39, 0.29) is 19.2 Å². The lowest BCUT2D eigenvalue weighted by Crippen LogP contribution is -2.55. The zero-order chi connectivity index (χ0) is 18.5. The number of carbonyl (C=O) groups excluding carboxylic acids is 1. The van der Waals surface area contributed by atoms with Gasteiger partial charge in [-0.15, -0.1) is 0 Å². The maximum absolute atomic E-state index is 12.5. The summed E-state index contributed by atoms with van der Waals surface area (Å²) in [5.41, 5.74) is 0.925. The summed E-state index contributed by atoms with van der Waals surface area (Å²) in [6.07, 6.45) is 2.53. The van der Waals surface area contributed by atoms with Crippen LogP contribution in [0, 0.1) is 11.8 Å². The van der Waals surface area contributed by atoms with Crippen LogP contribution in [0.2, 0.25) is 0 Å². The van der Waals surface area contributed by atoms with Crippen molar-refractivity contribution in [2.75, 3.05) is 26.2 Å². The number of likely N-dealkylation sites (tertiary alicyclic amines) is 2. The molecule has 3 rings (SSSR count). The van der Waals surface area contributed by atoms with Crippen LogP contribution in [0.15, 0.2) is 30.3 Å². The van der Waals surface area contributed by atoms with Gasteiger partial charge in [0.1, 0.15) is 6.61 Å². The Kier molecular flexibility index (Phi) is 6.14. The van der Waals surface area contributed by atoms with Crippen LogP contribution in [0.4, 0.5) is 4.79 Å². The van der Waals surface area contributed by atoms with E-state index in [9.17, 15) is 14.7 Å². The minimum Gasteiger partial charge on any atom is -0.481 e. The van der Waals surface area contributed by atoms with Crippen molar-refractivity contribution in [2.24, 2.45) is 11.8 Å². The third-order valence-corrected chi connectivity index (χ3v) is 5.45. The first-order chi connectivity index (χ1) is 12.5. The number of benzene rings is 1. The predicted molar refractivity (Wildman–Crippen MR) is 97.7 cm³/mol. The predicted octanol–water partition coefficient (Wildman–Crippen LogP) is 2.83. The molecule has 26 heavy (non-hydrogen) atoms. The Morgan fingerprint density at radius 3 is 2.65 bits per heavy atom. The standard InChI is InChI=1S/C20H28N2O4/c1-15-6-5-9-21(11-15)18-10-17(19(23)24)12-22(13-18)20(25)26-14-16-7-3-2-4-8-16/h2-4,7-8,15,17-18H,5-6,9-14H2,1H3,(H,23,24). The molecule has 0 saturated carbocycles. The van der Waals surface area contributed by atoms with Crippen LogP contribution in [-0.2, 0) is 16.1 Å². The summed E-state index contributed by atoms with van der Waals surface area (Å²) in [5.74, 6) is -0.747. The first kappa shape index (κ1) is 18.7. The zero-order valence-electron chi connectivity index (χ0n) is 15.3. The number of hydrogen-bond donors (Lipinski definition) is 1. The van der Waals surface area contributed by atoms with Crippen LogP contribution in [0.1, 0.15) is 31.7 Å². The van der Waals surface area contributed by atoms with E-state index < -0.39 is 18.0 Å². The SMILES string of the molecule is CC1CCCN(C2CC(C(=O)O)CN(C(=O)OCc3ccccc3)C2)C1. The van der Waals surface area contributed by atoms with Gasteiger partial charge in [0.25, 0.3) is 0 Å². The molecule has 2 aliphatic heterocycles. The van der Waals surface area contributed by atoms with E-state index in [0.717, 1.165) is 25.1 Å². The summed E-state index contributed by atoms with van der Waals surface area (Å²) in [4.78, 5) is 28.1. The number of carbonyl (C=O) groups is 2. The Hall–Kier alpha value is -2.08. The van der Waals surface area contributed by atoms with Crippen LogP contribution in [0.5, 0.6) is 0 Å². The van der Waals surface area contributed by atoms with E-state index in [1.54, 1.807) is 4.90 Å². The van der Waals surface area contributed by atoms with Gasteiger partial charge in [-0.1, -0.05) is 37.3 Å². The molecule has 1 amide bonds. The Bertz CT molecular complexity index is 621. The molecule has 3 unspecified atom stereocenters. The molecule has 6 nitrogen and oxygen atoms in total. The van der Waals surface area contributed by atoms with E-state index >= 15 is 0 Å². The monoisotopic (exact) mass is 360 g/mol. The number of ether oxygens (including phenoxy) is 1. The van der Waals surface area contributed by atoms with Gasteiger partial charge in [0.15, 0.2) is 0 Å². The lowest BCUT2D eigenvalue weighted by atomic mass is 9.90. The number of rotatable bonds is 4. The Balaban J connectivity index is 1.63. The van der Waals surface area contributed by atoms with Gasteiger partial charge in [0.05, 0.1) is 5.92 Å². The fraction of sp³-hybridized carbons (Fsp3) is 0.600. The molecule has 0 aromatic heterocycles. The third kappa shape index (κ3) is 4.75. The van der Waals surface area contributed by atoms with E-state index in [4.69, 9.17) is 4.74 Å². The quantitative estimate of drug-likeness (QED) is 0.894. The van der Waals surface area contributed by atoms with Crippen molar-refractivity contribution in [3.63, 3.8) is 0 Å². The number of nitrogens with zero attached hydrogens (tertiary/aromatic N) is 2. The molecule has 2 heterocycles. The maximum Gasteiger partial charge on any atom is 0.410 e. The van der Waals surface area contributed by atoms with E-state index in [2.05, 4.69) is 11.8 Å². The summed E-state index contributed by atoms with van der Waals surface area (Å²) in [7, 11) is 0. The van der Waals surface area contributed by atoms with Crippen molar-refractivity contribution >= 4 is 12.1 Å². The van der Waals surface area contributed by atoms with Gasteiger partial charge in [0.2, 0.25) is 0 Å². The lowest BCUT2D eigenvalue weighted by Gasteiger charge is -2.43. The molecule has 0 bridgehead atoms. The second-order valence-electron chi connectivity index (χ2n) is 7.61. The molecule has 6 heteroatoms. The van der Waals surface area contributed by atoms with Crippen molar-refractivity contribution in [1.29, 1.82) is 0 Å². The van der Waals surface area contributed by atoms with Gasteiger partial charge in [-0.25, -0.2) is 4.79 Å². The van der Waals surface area contributed by atoms with Gasteiger partial charge in [-0.3, -0.25) is 9.69 Å². The van der Waals surface area contributed by atoms with Gasteiger partial charge < -0.3 is 14.7 Å². The highest BCUT2D eigenvalue weighted by Crippen LogP contribution is 2.26. The third-order valence-electron chi connectivity index (χ3n) is 5.45. The minimum absolute atomic E-state index is 0.0943. The lowest BCUT2D eigenvalue weighted by molar-refractivity contribution is -0.144. The molecule has 2 saturated heterocycles. The molecule has 3 atom stereocenters. The Labute approximate surface area is 154 Å². The molecular formula is C20H28N2O4. The second-order valence-corrected chi connectivity index (χ2v) is 7.61. The Morgan fingerprint density at radius 1 is 1.19 bits per heavy atom. The smallest absolute Gasteiger partial charge is 0.410 e. The maximum atomic E-state index is 12.5. The number of piperidine rings is 2.